The van der Waals surface area contributed by atoms with Gasteiger partial charge in [0.25, 0.3) is 0 Å². The molecule has 0 saturated carbocycles. The number of aromatic nitrogens is 2. The van der Waals surface area contributed by atoms with Crippen LogP contribution in [0, 0.1) is 11.7 Å². The van der Waals surface area contributed by atoms with E-state index in [9.17, 15) is 9.18 Å². The molecule has 0 unspecified atom stereocenters. The summed E-state index contributed by atoms with van der Waals surface area (Å²) >= 11 is 3.14. The van der Waals surface area contributed by atoms with Gasteiger partial charge >= 0.3 is 6.09 Å². The number of carbonyl (C=O) groups is 1. The van der Waals surface area contributed by atoms with Crippen molar-refractivity contribution in [3.63, 3.8) is 0 Å². The summed E-state index contributed by atoms with van der Waals surface area (Å²) in [6.45, 7) is 6.74. The second-order valence-corrected chi connectivity index (χ2v) is 7.95. The van der Waals surface area contributed by atoms with E-state index in [1.165, 1.54) is 6.07 Å². The first kappa shape index (κ1) is 17.8. The topological polar surface area (TPSA) is 68.5 Å². The molecule has 0 N–H and O–H groups in total. The van der Waals surface area contributed by atoms with Gasteiger partial charge in [-0.25, -0.2) is 9.18 Å². The summed E-state index contributed by atoms with van der Waals surface area (Å²) in [6.07, 6.45) is 0.292. The molecule has 0 bridgehead atoms. The maximum absolute atomic E-state index is 13.3. The summed E-state index contributed by atoms with van der Waals surface area (Å²) < 4.78 is 24.2. The van der Waals surface area contributed by atoms with E-state index < -0.39 is 5.60 Å². The Labute approximate surface area is 153 Å². The molecule has 2 aromatic rings. The number of carbonyl (C=O) groups excluding carboxylic acids is 1. The third-order valence-electron chi connectivity index (χ3n) is 3.72. The number of halogens is 2. The second-order valence-electron chi connectivity index (χ2n) is 7.10. The monoisotopic (exact) mass is 411 g/mol. The van der Waals surface area contributed by atoms with E-state index in [-0.39, 0.29) is 17.8 Å². The predicted molar refractivity (Wildman–Crippen MR) is 92.4 cm³/mol. The van der Waals surface area contributed by atoms with Crippen molar-refractivity contribution in [1.29, 1.82) is 0 Å². The molecule has 6 nitrogen and oxygen atoms in total. The maximum atomic E-state index is 13.3. The number of likely N-dealkylation sites (tertiary alicyclic amines) is 1. The number of nitrogens with zero attached hydrogens (tertiary/aromatic N) is 3. The average Bonchev–Trinajstić information content (AvgIpc) is 2.92. The number of ether oxygens (including phenoxy) is 1. The number of benzene rings is 1. The highest BCUT2D eigenvalue weighted by molar-refractivity contribution is 9.10. The van der Waals surface area contributed by atoms with Gasteiger partial charge in [0, 0.05) is 31.0 Å². The Morgan fingerprint density at radius 2 is 2.16 bits per heavy atom. The highest BCUT2D eigenvalue weighted by Gasteiger charge is 2.34. The van der Waals surface area contributed by atoms with E-state index in [4.69, 9.17) is 9.26 Å². The second kappa shape index (κ2) is 6.74. The SMILES string of the molecule is CC(C)(C)OC(=O)N1CC(Cc2nc(-c3ccc(F)c(Br)c3)no2)C1. The van der Waals surface area contributed by atoms with Gasteiger partial charge in [0.2, 0.25) is 11.7 Å². The standard InChI is InChI=1S/C17H19BrFN3O3/c1-17(2,3)24-16(23)22-8-10(9-22)6-14-20-15(21-25-14)11-4-5-13(19)12(18)7-11/h4-5,7,10H,6,8-9H2,1-3H3. The van der Waals surface area contributed by atoms with Crippen LogP contribution in [0.25, 0.3) is 11.4 Å². The molecule has 1 aromatic carbocycles. The van der Waals surface area contributed by atoms with Gasteiger partial charge in [0.1, 0.15) is 11.4 Å². The van der Waals surface area contributed by atoms with E-state index in [1.54, 1.807) is 17.0 Å². The van der Waals surface area contributed by atoms with Crippen molar-refractivity contribution < 1.29 is 18.4 Å². The summed E-state index contributed by atoms with van der Waals surface area (Å²) in [6, 6.07) is 4.56. The molecule has 3 rings (SSSR count). The first-order valence-corrected chi connectivity index (χ1v) is 8.76. The van der Waals surface area contributed by atoms with Crippen LogP contribution in [0.1, 0.15) is 26.7 Å². The molecule has 0 atom stereocenters. The zero-order chi connectivity index (χ0) is 18.2. The lowest BCUT2D eigenvalue weighted by atomic mass is 9.97. The van der Waals surface area contributed by atoms with Gasteiger partial charge in [0.15, 0.2) is 0 Å². The molecule has 0 aliphatic carbocycles. The fourth-order valence-electron chi connectivity index (χ4n) is 2.51. The van der Waals surface area contributed by atoms with Gasteiger partial charge in [-0.15, -0.1) is 0 Å². The minimum absolute atomic E-state index is 0.265. The van der Waals surface area contributed by atoms with E-state index in [1.807, 2.05) is 20.8 Å². The van der Waals surface area contributed by atoms with Gasteiger partial charge in [-0.1, -0.05) is 5.16 Å². The Kier molecular flexibility index (Phi) is 4.81. The highest BCUT2D eigenvalue weighted by atomic mass is 79.9. The van der Waals surface area contributed by atoms with E-state index >= 15 is 0 Å². The Morgan fingerprint density at radius 1 is 1.44 bits per heavy atom. The quantitative estimate of drug-likeness (QED) is 0.761. The predicted octanol–water partition coefficient (Wildman–Crippen LogP) is 4.05. The van der Waals surface area contributed by atoms with E-state index in [0.29, 0.717) is 41.3 Å². The number of hydrogen-bond acceptors (Lipinski definition) is 5. The largest absolute Gasteiger partial charge is 0.444 e. The minimum atomic E-state index is -0.493. The Morgan fingerprint density at radius 3 is 2.80 bits per heavy atom. The van der Waals surface area contributed by atoms with Gasteiger partial charge in [-0.3, -0.25) is 0 Å². The number of hydrogen-bond donors (Lipinski definition) is 0. The first-order chi connectivity index (χ1) is 11.7. The molecule has 1 fully saturated rings. The lowest BCUT2D eigenvalue weighted by Crippen LogP contribution is -2.52. The smallest absolute Gasteiger partial charge is 0.410 e. The lowest BCUT2D eigenvalue weighted by molar-refractivity contribution is -0.00187. The van der Waals surface area contributed by atoms with Crippen LogP contribution >= 0.6 is 15.9 Å². The third kappa shape index (κ3) is 4.36. The fraction of sp³-hybridized carbons (Fsp3) is 0.471. The molecule has 2 heterocycles. The van der Waals surface area contributed by atoms with Crippen molar-refractivity contribution in [3.05, 3.63) is 34.4 Å². The normalized spacial score (nSPS) is 15.2. The van der Waals surface area contributed by atoms with Crippen LogP contribution in [0.15, 0.2) is 27.2 Å². The Balaban J connectivity index is 1.55. The summed E-state index contributed by atoms with van der Waals surface area (Å²) in [4.78, 5) is 17.9. The number of amides is 1. The van der Waals surface area contributed by atoms with Crippen molar-refractivity contribution >= 4 is 22.0 Å². The van der Waals surface area contributed by atoms with Gasteiger partial charge in [-0.05, 0) is 54.9 Å². The molecule has 8 heteroatoms. The van der Waals surface area contributed by atoms with Crippen molar-refractivity contribution in [1.82, 2.24) is 15.0 Å². The van der Waals surface area contributed by atoms with Gasteiger partial charge < -0.3 is 14.2 Å². The zero-order valence-corrected chi connectivity index (χ0v) is 15.8. The van der Waals surface area contributed by atoms with Crippen LogP contribution < -0.4 is 0 Å². The van der Waals surface area contributed by atoms with Crippen LogP contribution in [0.5, 0.6) is 0 Å². The van der Waals surface area contributed by atoms with Crippen molar-refractivity contribution in [2.45, 2.75) is 32.8 Å². The van der Waals surface area contributed by atoms with E-state index in [2.05, 4.69) is 26.1 Å². The molecule has 0 radical (unpaired) electrons. The molecule has 134 valence electrons. The summed E-state index contributed by atoms with van der Waals surface area (Å²) in [5.41, 5.74) is 0.180. The Bertz CT molecular complexity index is 782. The van der Waals surface area contributed by atoms with Crippen molar-refractivity contribution in [2.75, 3.05) is 13.1 Å². The van der Waals surface area contributed by atoms with Crippen LogP contribution in [-0.4, -0.2) is 39.8 Å². The molecule has 0 spiro atoms. The minimum Gasteiger partial charge on any atom is -0.444 e. The lowest BCUT2D eigenvalue weighted by Gasteiger charge is -2.39. The molecule has 1 saturated heterocycles. The molecular formula is C17H19BrFN3O3. The molecule has 1 aliphatic rings. The molecule has 25 heavy (non-hydrogen) atoms. The van der Waals surface area contributed by atoms with Crippen LogP contribution in [0.4, 0.5) is 9.18 Å². The van der Waals surface area contributed by atoms with Gasteiger partial charge in [-0.2, -0.15) is 4.98 Å². The molecular weight excluding hydrogens is 393 g/mol. The summed E-state index contributed by atoms with van der Waals surface area (Å²) in [5.74, 6) is 0.841. The molecule has 1 aromatic heterocycles. The average molecular weight is 412 g/mol. The third-order valence-corrected chi connectivity index (χ3v) is 4.33. The molecule has 1 aliphatic heterocycles. The van der Waals surface area contributed by atoms with Gasteiger partial charge in [0.05, 0.1) is 4.47 Å². The van der Waals surface area contributed by atoms with Crippen LogP contribution in [-0.2, 0) is 11.2 Å². The van der Waals surface area contributed by atoms with Crippen molar-refractivity contribution in [3.8, 4) is 11.4 Å². The first-order valence-electron chi connectivity index (χ1n) is 7.97. The van der Waals surface area contributed by atoms with E-state index in [0.717, 1.165) is 0 Å². The van der Waals surface area contributed by atoms with Crippen LogP contribution in [0.3, 0.4) is 0 Å². The van der Waals surface area contributed by atoms with Crippen molar-refractivity contribution in [2.24, 2.45) is 5.92 Å². The summed E-state index contributed by atoms with van der Waals surface area (Å²) in [7, 11) is 0. The zero-order valence-electron chi connectivity index (χ0n) is 14.3. The van der Waals surface area contributed by atoms with Crippen LogP contribution in [0.2, 0.25) is 0 Å². The highest BCUT2D eigenvalue weighted by Crippen LogP contribution is 2.25. The Hall–Kier alpha value is -1.96. The molecule has 1 amide bonds. The maximum Gasteiger partial charge on any atom is 0.410 e. The number of rotatable bonds is 3. The summed E-state index contributed by atoms with van der Waals surface area (Å²) in [5, 5.41) is 3.94. The fourth-order valence-corrected chi connectivity index (χ4v) is 2.89.